The molecule has 0 radical (unpaired) electrons. The summed E-state index contributed by atoms with van der Waals surface area (Å²) < 4.78 is 122. The first-order valence-corrected chi connectivity index (χ1v) is 27.3. The van der Waals surface area contributed by atoms with Gasteiger partial charge in [0.25, 0.3) is 0 Å². The van der Waals surface area contributed by atoms with Gasteiger partial charge >= 0.3 is 0 Å². The fraction of sp³-hybridized carbons (Fsp3) is 1.00. The van der Waals surface area contributed by atoms with Gasteiger partial charge in [0.2, 0.25) is 0 Å². The molecule has 21 fully saturated rings. The molecule has 21 aliphatic rings. The molecule has 35 heteroatoms. The number of rotatable bonds is 14. The van der Waals surface area contributed by atoms with Crippen LogP contribution in [0.3, 0.4) is 0 Å². The lowest BCUT2D eigenvalue weighted by atomic mass is 9.95. The summed E-state index contributed by atoms with van der Waals surface area (Å²) in [5, 5.41) is 163. The van der Waals surface area contributed by atoms with Crippen LogP contribution in [-0.2, 0) is 99.5 Å². The third-order valence-corrected chi connectivity index (χ3v) is 15.8. The third kappa shape index (κ3) is 14.5. The van der Waals surface area contributed by atoms with E-state index in [-0.39, 0.29) is 0 Å². The van der Waals surface area contributed by atoms with E-state index in [9.17, 15) is 71.5 Å². The molecule has 0 unspecified atom stereocenters. The Morgan fingerprint density at radius 3 is 0.381 bits per heavy atom. The van der Waals surface area contributed by atoms with Gasteiger partial charge in [-0.3, -0.25) is 0 Å². The minimum atomic E-state index is -2.05. The average molecular weight is 1230 g/mol. The van der Waals surface area contributed by atoms with E-state index >= 15 is 0 Å². The summed E-state index contributed by atoms with van der Waals surface area (Å²) >= 11 is 0. The summed E-state index contributed by atoms with van der Waals surface area (Å²) in [7, 11) is 8.84. The minimum absolute atomic E-state index is 0.393. The second-order valence-corrected chi connectivity index (χ2v) is 21.6. The van der Waals surface area contributed by atoms with Gasteiger partial charge in [0, 0.05) is 49.8 Å². The molecule has 14 N–H and O–H groups in total. The van der Waals surface area contributed by atoms with E-state index in [1.165, 1.54) is 49.8 Å². The van der Waals surface area contributed by atoms with E-state index in [2.05, 4.69) is 0 Å². The van der Waals surface area contributed by atoms with E-state index in [1.807, 2.05) is 0 Å². The molecule has 0 aliphatic carbocycles. The van der Waals surface area contributed by atoms with Gasteiger partial charge in [-0.25, -0.2) is 0 Å². The van der Waals surface area contributed by atoms with Crippen LogP contribution < -0.4 is 0 Å². The standard InChI is InChI=1S/C49H84O35/c1-64-8-15-36-22(50)29(57)43(71-15)79-37-16(9-65-2)73-45(31(59)24(37)52)81-39-18(11-67-4)75-47(33(61)26(39)54)83-41-20(13-69-6)77-49(35(63)28(41)56)84-42-21(14-70-7)76-48(34(62)27(42)55)82-40-19(12-68-5)74-46(32(60)25(40)53)80-38-17(10-66-3)72-44(78-36)30(58)23(38)51/h15-63H,8-14H2,1-7H3/t15-,16-,17-,18-,19-,20-,21-,22-,23-,24-,25-,26-,27-,28-,29-,30-,31-,32-,33-,34-,35-,36-,37-,38-,39-,40-,41-,42-,43-,44-,45-,46-,47-,48-,49-/m1/s1. The lowest BCUT2D eigenvalue weighted by Gasteiger charge is -2.50. The van der Waals surface area contributed by atoms with Crippen LogP contribution in [0.15, 0.2) is 0 Å². The molecule has 0 aromatic carbocycles. The minimum Gasteiger partial charge on any atom is -0.387 e. The number of hydrogen-bond acceptors (Lipinski definition) is 35. The SMILES string of the molecule is COC[C@H]1O[C@@H]2O[C@H]3[C@H](O)[C@@H](O)[C@@H](O[C@H]4[C@H](O)[C@@H](O)[C@@H](O[C@H]5[C@H](O)[C@@H](O)[C@@H](O[C@H]6[C@H](O)[C@@H](O)[C@@H](O[C@H]7[C@H](O)[C@@H](O)[C@@H](O[C@H]8[C@H](O)[C@@H](O)[C@@H](O[C@H]1[C@H](O)[C@H]2O)O[C@@H]8COC)O[C@@H]7COC)O[C@@H]6COC)O[C@@H]5COC)O[C@@H]4COC)O[C@@H]3COC. The van der Waals surface area contributed by atoms with Crippen LogP contribution in [0.5, 0.6) is 0 Å². The van der Waals surface area contributed by atoms with Crippen LogP contribution in [0.1, 0.15) is 0 Å². The highest BCUT2D eigenvalue weighted by atomic mass is 16.8. The number of ether oxygens (including phenoxy) is 21. The Balaban J connectivity index is 1.12. The monoisotopic (exact) mass is 1230 g/mol. The Morgan fingerprint density at radius 2 is 0.286 bits per heavy atom. The van der Waals surface area contributed by atoms with Crippen molar-refractivity contribution in [2.24, 2.45) is 0 Å². The smallest absolute Gasteiger partial charge is 0.187 e. The fourth-order valence-electron chi connectivity index (χ4n) is 11.5. The first kappa shape index (κ1) is 68.5. The zero-order chi connectivity index (χ0) is 61.0. The number of methoxy groups -OCH3 is 7. The highest BCUT2D eigenvalue weighted by molar-refractivity contribution is 5.02. The third-order valence-electron chi connectivity index (χ3n) is 15.8. The molecule has 21 saturated heterocycles. The summed E-state index contributed by atoms with van der Waals surface area (Å²) in [6.07, 6.45) is -62.6. The summed E-state index contributed by atoms with van der Waals surface area (Å²) in [4.78, 5) is 0. The predicted octanol–water partition coefficient (Wildman–Crippen LogP) is -10.7. The molecule has 35 atom stereocenters. The Morgan fingerprint density at radius 1 is 0.179 bits per heavy atom. The molecule has 0 aromatic heterocycles. The first-order valence-electron chi connectivity index (χ1n) is 27.3. The van der Waals surface area contributed by atoms with E-state index in [1.54, 1.807) is 0 Å². The van der Waals surface area contributed by atoms with Gasteiger partial charge in [-0.05, 0) is 0 Å². The fourth-order valence-corrected chi connectivity index (χ4v) is 11.5. The van der Waals surface area contributed by atoms with Crippen molar-refractivity contribution in [2.75, 3.05) is 96.0 Å². The second kappa shape index (κ2) is 30.6. The Hall–Kier alpha value is -1.40. The molecule has 0 spiro atoms. The van der Waals surface area contributed by atoms with E-state index in [0.717, 1.165) is 0 Å². The highest BCUT2D eigenvalue weighted by Gasteiger charge is 2.60. The van der Waals surface area contributed by atoms with Crippen LogP contribution >= 0.6 is 0 Å². The van der Waals surface area contributed by atoms with Crippen molar-refractivity contribution in [3.8, 4) is 0 Å². The predicted molar refractivity (Wildman–Crippen MR) is 262 cm³/mol. The van der Waals surface area contributed by atoms with Crippen molar-refractivity contribution in [2.45, 2.75) is 215 Å². The molecule has 490 valence electrons. The van der Waals surface area contributed by atoms with Gasteiger partial charge in [0.05, 0.1) is 46.2 Å². The molecular weight excluding hydrogens is 1150 g/mol. The molecule has 14 bridgehead atoms. The van der Waals surface area contributed by atoms with Crippen LogP contribution in [-0.4, -0.2) is 382 Å². The van der Waals surface area contributed by atoms with Gasteiger partial charge in [0.1, 0.15) is 171 Å². The molecule has 84 heavy (non-hydrogen) atoms. The summed E-state index contributed by atoms with van der Waals surface area (Å²) in [6.45, 7) is -2.75. The molecule has 21 heterocycles. The maximum atomic E-state index is 11.7. The van der Waals surface area contributed by atoms with Crippen LogP contribution in [0.2, 0.25) is 0 Å². The second-order valence-electron chi connectivity index (χ2n) is 21.6. The van der Waals surface area contributed by atoms with E-state index < -0.39 is 261 Å². The number of aliphatic hydroxyl groups is 14. The summed E-state index contributed by atoms with van der Waals surface area (Å²) in [6, 6.07) is 0. The van der Waals surface area contributed by atoms with Crippen LogP contribution in [0, 0.1) is 0 Å². The highest BCUT2D eigenvalue weighted by Crippen LogP contribution is 2.39. The van der Waals surface area contributed by atoms with Gasteiger partial charge in [-0.15, -0.1) is 0 Å². The normalized spacial score (nSPS) is 51.8. The number of aliphatic hydroxyl groups excluding tert-OH is 14. The average Bonchev–Trinajstić information content (AvgIpc) is 2.54. The Bertz CT molecular complexity index is 1590. The van der Waals surface area contributed by atoms with Gasteiger partial charge in [-0.1, -0.05) is 0 Å². The Kier molecular flexibility index (Phi) is 25.0. The van der Waals surface area contributed by atoms with Gasteiger partial charge in [0.15, 0.2) is 44.0 Å². The maximum absolute atomic E-state index is 11.7. The molecule has 21 aliphatic heterocycles. The van der Waals surface area contributed by atoms with Crippen molar-refractivity contribution >= 4 is 0 Å². The lowest BCUT2D eigenvalue weighted by Crippen LogP contribution is -2.68. The summed E-state index contributed by atoms with van der Waals surface area (Å²) in [5.41, 5.74) is 0. The molecule has 0 amide bonds. The summed E-state index contributed by atoms with van der Waals surface area (Å²) in [5.74, 6) is 0. The van der Waals surface area contributed by atoms with E-state index in [4.69, 9.17) is 99.5 Å². The molecule has 35 nitrogen and oxygen atoms in total. The van der Waals surface area contributed by atoms with E-state index in [0.29, 0.717) is 0 Å². The van der Waals surface area contributed by atoms with Crippen molar-refractivity contribution in [3.63, 3.8) is 0 Å². The van der Waals surface area contributed by atoms with Crippen molar-refractivity contribution in [3.05, 3.63) is 0 Å². The largest absolute Gasteiger partial charge is 0.387 e. The molecular formula is C49H84O35. The molecule has 0 saturated carbocycles. The first-order chi connectivity index (χ1) is 40.2. The molecule has 21 rings (SSSR count). The van der Waals surface area contributed by atoms with Crippen molar-refractivity contribution in [1.29, 1.82) is 0 Å². The lowest BCUT2D eigenvalue weighted by molar-refractivity contribution is -0.397. The van der Waals surface area contributed by atoms with Gasteiger partial charge < -0.3 is 171 Å². The van der Waals surface area contributed by atoms with Crippen molar-refractivity contribution in [1.82, 2.24) is 0 Å². The van der Waals surface area contributed by atoms with Crippen LogP contribution in [0.25, 0.3) is 0 Å². The quantitative estimate of drug-likeness (QED) is 0.0768. The zero-order valence-corrected chi connectivity index (χ0v) is 47.0. The number of hydrogen-bond donors (Lipinski definition) is 14. The Labute approximate surface area is 481 Å². The van der Waals surface area contributed by atoms with Crippen molar-refractivity contribution < 1.29 is 171 Å². The molecule has 0 aromatic rings. The topological polar surface area (TPSA) is 477 Å². The zero-order valence-electron chi connectivity index (χ0n) is 47.0. The maximum Gasteiger partial charge on any atom is 0.187 e. The van der Waals surface area contributed by atoms with Gasteiger partial charge in [-0.2, -0.15) is 0 Å². The van der Waals surface area contributed by atoms with Crippen LogP contribution in [0.4, 0.5) is 0 Å².